The second kappa shape index (κ2) is 3.68. The summed E-state index contributed by atoms with van der Waals surface area (Å²) in [5.74, 6) is -0.490. The summed E-state index contributed by atoms with van der Waals surface area (Å²) in [4.78, 5) is 18.6. The minimum absolute atomic E-state index is 0. The molecule has 2 rings (SSSR count). The maximum atomic E-state index is 10.7. The van der Waals surface area contributed by atoms with E-state index in [0.717, 1.165) is 10.2 Å². The molecule has 13 heavy (non-hydrogen) atoms. The smallest absolute Gasteiger partial charge is 0.277 e. The maximum Gasteiger partial charge on any atom is 0.277 e. The van der Waals surface area contributed by atoms with Crippen molar-refractivity contribution >= 4 is 39.9 Å². The number of hydrogen-bond donors (Lipinski definition) is 1. The molecule has 0 aliphatic carbocycles. The Morgan fingerprint density at radius 2 is 2.31 bits per heavy atom. The van der Waals surface area contributed by atoms with Gasteiger partial charge in [0.2, 0.25) is 0 Å². The molecule has 0 atom stereocenters. The maximum absolute atomic E-state index is 10.7. The molecule has 0 aromatic carbocycles. The highest BCUT2D eigenvalue weighted by Crippen LogP contribution is 2.19. The lowest BCUT2D eigenvalue weighted by Crippen LogP contribution is -2.09. The zero-order valence-electron chi connectivity index (χ0n) is 6.43. The summed E-state index contributed by atoms with van der Waals surface area (Å²) in [6.45, 7) is 0. The van der Waals surface area contributed by atoms with Crippen LogP contribution in [0.25, 0.3) is 10.2 Å². The first-order chi connectivity index (χ1) is 5.77. The molecule has 0 aliphatic heterocycles. The molecule has 1 amide bonds. The number of pyridine rings is 1. The largest absolute Gasteiger partial charge is 0.364 e. The van der Waals surface area contributed by atoms with Crippen LogP contribution in [-0.4, -0.2) is 15.9 Å². The first kappa shape index (κ1) is 9.88. The third-order valence-electron chi connectivity index (χ3n) is 1.40. The first-order valence-electron chi connectivity index (χ1n) is 3.28. The molecule has 4 nitrogen and oxygen atoms in total. The standard InChI is InChI=1S/C7H5N3OS.ClH/c8-6(11)7-10-4-1-2-9-3-5(4)12-7;/h1-3H,(H2,8,11);1H. The van der Waals surface area contributed by atoms with Crippen molar-refractivity contribution < 1.29 is 4.79 Å². The van der Waals surface area contributed by atoms with E-state index in [1.54, 1.807) is 18.5 Å². The van der Waals surface area contributed by atoms with Gasteiger partial charge in [0, 0.05) is 12.4 Å². The molecule has 6 heteroatoms. The van der Waals surface area contributed by atoms with E-state index in [-0.39, 0.29) is 12.4 Å². The number of carbonyl (C=O) groups excluding carboxylic acids is 1. The van der Waals surface area contributed by atoms with Crippen molar-refractivity contribution in [2.24, 2.45) is 5.73 Å². The van der Waals surface area contributed by atoms with E-state index in [2.05, 4.69) is 9.97 Å². The van der Waals surface area contributed by atoms with Gasteiger partial charge in [-0.1, -0.05) is 0 Å². The normalized spacial score (nSPS) is 9.54. The SMILES string of the molecule is Cl.NC(=O)c1nc2ccncc2s1. The van der Waals surface area contributed by atoms with Crippen LogP contribution in [0.15, 0.2) is 18.5 Å². The van der Waals surface area contributed by atoms with Gasteiger partial charge in [0.1, 0.15) is 0 Å². The number of aromatic nitrogens is 2. The number of fused-ring (bicyclic) bond motifs is 1. The molecule has 68 valence electrons. The van der Waals surface area contributed by atoms with Crippen molar-refractivity contribution in [3.8, 4) is 0 Å². The summed E-state index contributed by atoms with van der Waals surface area (Å²) < 4.78 is 0.881. The average molecular weight is 216 g/mol. The van der Waals surface area contributed by atoms with Gasteiger partial charge in [0.15, 0.2) is 5.01 Å². The Kier molecular flexibility index (Phi) is 2.79. The van der Waals surface area contributed by atoms with Crippen molar-refractivity contribution in [3.05, 3.63) is 23.5 Å². The molecule has 0 spiro atoms. The lowest BCUT2D eigenvalue weighted by Gasteiger charge is -1.80. The fourth-order valence-electron chi connectivity index (χ4n) is 0.885. The number of amides is 1. The molecule has 0 fully saturated rings. The topological polar surface area (TPSA) is 68.9 Å². The van der Waals surface area contributed by atoms with Gasteiger partial charge in [-0.3, -0.25) is 9.78 Å². The van der Waals surface area contributed by atoms with Crippen molar-refractivity contribution in [3.63, 3.8) is 0 Å². The van der Waals surface area contributed by atoms with E-state index in [9.17, 15) is 4.79 Å². The molecule has 0 saturated heterocycles. The van der Waals surface area contributed by atoms with Gasteiger partial charge in [0.05, 0.1) is 10.2 Å². The van der Waals surface area contributed by atoms with E-state index in [1.165, 1.54) is 11.3 Å². The quantitative estimate of drug-likeness (QED) is 0.778. The fourth-order valence-corrected chi connectivity index (χ4v) is 1.67. The van der Waals surface area contributed by atoms with E-state index >= 15 is 0 Å². The molecule has 2 heterocycles. The number of halogens is 1. The third-order valence-corrected chi connectivity index (χ3v) is 2.42. The highest BCUT2D eigenvalue weighted by molar-refractivity contribution is 7.20. The van der Waals surface area contributed by atoms with Gasteiger partial charge >= 0.3 is 0 Å². The number of nitrogens with zero attached hydrogens (tertiary/aromatic N) is 2. The summed E-state index contributed by atoms with van der Waals surface area (Å²) >= 11 is 1.26. The number of thiazole rings is 1. The van der Waals surface area contributed by atoms with Crippen molar-refractivity contribution in [1.82, 2.24) is 9.97 Å². The van der Waals surface area contributed by atoms with Crippen molar-refractivity contribution in [1.29, 1.82) is 0 Å². The number of primary amides is 1. The Morgan fingerprint density at radius 1 is 1.54 bits per heavy atom. The van der Waals surface area contributed by atoms with Crippen LogP contribution < -0.4 is 5.73 Å². The van der Waals surface area contributed by atoms with E-state index < -0.39 is 5.91 Å². The number of nitrogens with two attached hydrogens (primary N) is 1. The molecule has 2 N–H and O–H groups in total. The Morgan fingerprint density at radius 3 is 2.92 bits per heavy atom. The van der Waals surface area contributed by atoms with E-state index in [4.69, 9.17) is 5.73 Å². The van der Waals surface area contributed by atoms with Crippen LogP contribution in [0.2, 0.25) is 0 Å². The summed E-state index contributed by atoms with van der Waals surface area (Å²) in [7, 11) is 0. The van der Waals surface area contributed by atoms with Crippen LogP contribution in [0.3, 0.4) is 0 Å². The Balaban J connectivity index is 0.000000845. The number of rotatable bonds is 1. The summed E-state index contributed by atoms with van der Waals surface area (Å²) in [5.41, 5.74) is 5.83. The van der Waals surface area contributed by atoms with Gasteiger partial charge in [-0.15, -0.1) is 23.7 Å². The van der Waals surface area contributed by atoms with Gasteiger partial charge in [-0.2, -0.15) is 0 Å². The number of hydrogen-bond acceptors (Lipinski definition) is 4. The van der Waals surface area contributed by atoms with E-state index in [0.29, 0.717) is 5.01 Å². The Bertz CT molecular complexity index is 409. The molecule has 0 radical (unpaired) electrons. The number of carbonyl (C=O) groups is 1. The highest BCUT2D eigenvalue weighted by Gasteiger charge is 2.07. The zero-order chi connectivity index (χ0) is 8.55. The van der Waals surface area contributed by atoms with Crippen molar-refractivity contribution in [2.45, 2.75) is 0 Å². The first-order valence-corrected chi connectivity index (χ1v) is 4.09. The average Bonchev–Trinajstić information content (AvgIpc) is 2.46. The van der Waals surface area contributed by atoms with Gasteiger partial charge in [-0.25, -0.2) is 4.98 Å². The van der Waals surface area contributed by atoms with Crippen LogP contribution >= 0.6 is 23.7 Å². The van der Waals surface area contributed by atoms with Crippen LogP contribution in [0.4, 0.5) is 0 Å². The molecule has 2 aromatic heterocycles. The molecule has 0 bridgehead atoms. The van der Waals surface area contributed by atoms with Crippen LogP contribution in [0, 0.1) is 0 Å². The molecule has 0 unspecified atom stereocenters. The summed E-state index contributed by atoms with van der Waals surface area (Å²) in [6, 6.07) is 1.75. The summed E-state index contributed by atoms with van der Waals surface area (Å²) in [5, 5.41) is 0.331. The highest BCUT2D eigenvalue weighted by atomic mass is 35.5. The fraction of sp³-hybridized carbons (Fsp3) is 0. The minimum atomic E-state index is -0.490. The Labute approximate surface area is 84.2 Å². The predicted octanol–water partition coefficient (Wildman–Crippen LogP) is 1.21. The molecule has 2 aromatic rings. The van der Waals surface area contributed by atoms with Crippen molar-refractivity contribution in [2.75, 3.05) is 0 Å². The molecule has 0 saturated carbocycles. The van der Waals surface area contributed by atoms with Gasteiger partial charge < -0.3 is 5.73 Å². The molecular formula is C7H6ClN3OS. The van der Waals surface area contributed by atoms with Crippen LogP contribution in [-0.2, 0) is 0 Å². The van der Waals surface area contributed by atoms with Gasteiger partial charge in [-0.05, 0) is 6.07 Å². The van der Waals surface area contributed by atoms with Gasteiger partial charge in [0.25, 0.3) is 5.91 Å². The lowest BCUT2D eigenvalue weighted by molar-refractivity contribution is 0.1000. The predicted molar refractivity (Wildman–Crippen MR) is 53.2 cm³/mol. The summed E-state index contributed by atoms with van der Waals surface area (Å²) in [6.07, 6.45) is 3.30. The molecular weight excluding hydrogens is 210 g/mol. The van der Waals surface area contributed by atoms with Crippen LogP contribution in [0.1, 0.15) is 9.80 Å². The van der Waals surface area contributed by atoms with E-state index in [1.807, 2.05) is 0 Å². The second-order valence-corrected chi connectivity index (χ2v) is 3.26. The second-order valence-electron chi connectivity index (χ2n) is 2.23. The monoisotopic (exact) mass is 215 g/mol. The van der Waals surface area contributed by atoms with Crippen LogP contribution in [0.5, 0.6) is 0 Å². The lowest BCUT2D eigenvalue weighted by atomic mass is 10.4. The Hall–Kier alpha value is -1.20. The molecule has 0 aliphatic rings. The zero-order valence-corrected chi connectivity index (χ0v) is 8.06. The third kappa shape index (κ3) is 1.76. The minimum Gasteiger partial charge on any atom is -0.364 e.